The van der Waals surface area contributed by atoms with Gasteiger partial charge in [0, 0.05) is 6.92 Å². The van der Waals surface area contributed by atoms with Crippen LogP contribution < -0.4 is 10.1 Å². The van der Waals surface area contributed by atoms with Crippen LogP contribution in [0.3, 0.4) is 0 Å². The number of nitrogens with one attached hydrogen (secondary N) is 1. The van der Waals surface area contributed by atoms with E-state index in [0.29, 0.717) is 12.4 Å². The average Bonchev–Trinajstić information content (AvgIpc) is 2.87. The molecule has 0 fully saturated rings. The average molecular weight is 528 g/mol. The van der Waals surface area contributed by atoms with E-state index in [2.05, 4.69) is 24.4 Å². The zero-order valence-electron chi connectivity index (χ0n) is 22.8. The minimum absolute atomic E-state index is 0.00577. The van der Waals surface area contributed by atoms with Crippen LogP contribution >= 0.6 is 8.60 Å². The maximum Gasteiger partial charge on any atom is 0.329 e. The van der Waals surface area contributed by atoms with E-state index in [1.165, 1.54) is 76.7 Å². The number of ether oxygens (including phenoxy) is 2. The number of carbonyl (C=O) groups is 1. The number of rotatable bonds is 24. The first-order valence-corrected chi connectivity index (χ1v) is 15.0. The van der Waals surface area contributed by atoms with Crippen LogP contribution in [-0.4, -0.2) is 49.9 Å². The third-order valence-electron chi connectivity index (χ3n) is 5.83. The molecule has 0 saturated carbocycles. The summed E-state index contributed by atoms with van der Waals surface area (Å²) >= 11 is 0. The number of benzene rings is 1. The molecule has 0 aliphatic carbocycles. The fourth-order valence-electron chi connectivity index (χ4n) is 3.81. The molecule has 0 bridgehead atoms. The third kappa shape index (κ3) is 18.9. The summed E-state index contributed by atoms with van der Waals surface area (Å²) in [5.74, 6) is 0.290. The Hall–Kier alpha value is -1.24. The van der Waals surface area contributed by atoms with Gasteiger partial charge < -0.3 is 28.7 Å². The highest BCUT2D eigenvalue weighted by Gasteiger charge is 2.17. The maximum atomic E-state index is 11.4. The Bertz CT molecular complexity index is 645. The highest BCUT2D eigenvalue weighted by molar-refractivity contribution is 7.40. The number of aryl methyl sites for hydroxylation is 1. The Morgan fingerprint density at radius 2 is 1.53 bits per heavy atom. The molecule has 0 amide bonds. The fraction of sp³-hybridized carbons (Fsp3) is 0.750. The van der Waals surface area contributed by atoms with Gasteiger partial charge in [-0.25, -0.2) is 0 Å². The van der Waals surface area contributed by atoms with E-state index in [1.54, 1.807) is 0 Å². The Morgan fingerprint density at radius 1 is 0.889 bits per heavy atom. The molecule has 1 rings (SSSR count). The number of hydrogen-bond donors (Lipinski definition) is 2. The minimum Gasteiger partial charge on any atom is -0.490 e. The molecule has 208 valence electrons. The molecular formula is C28H50NO6P. The van der Waals surface area contributed by atoms with Gasteiger partial charge in [0.25, 0.3) is 0 Å². The quantitative estimate of drug-likeness (QED) is 0.0877. The van der Waals surface area contributed by atoms with Gasteiger partial charge in [0.15, 0.2) is 6.10 Å². The SMILES string of the molecule is CCCCCCCCCCCCc1ccc(OCC(COP(O)OCCCNCC)OC(C)=O)cc1. The Kier molecular flexibility index (Phi) is 20.9. The van der Waals surface area contributed by atoms with Crippen molar-refractivity contribution in [1.82, 2.24) is 5.32 Å². The largest absolute Gasteiger partial charge is 0.490 e. The first-order valence-electron chi connectivity index (χ1n) is 13.9. The molecule has 0 saturated heterocycles. The first-order chi connectivity index (χ1) is 17.5. The molecule has 2 N–H and O–H groups in total. The van der Waals surface area contributed by atoms with Gasteiger partial charge in [-0.15, -0.1) is 0 Å². The Labute approximate surface area is 220 Å². The standard InChI is InChI=1S/C28H50NO6P/c1-4-6-7-8-9-10-11-12-13-14-16-26-17-19-27(20-18-26)32-23-28(35-25(3)30)24-34-36(31)33-22-15-21-29-5-2/h17-20,28-29,31H,4-16,21-24H2,1-3H3. The molecule has 2 atom stereocenters. The number of unbranched alkanes of at least 4 members (excludes halogenated alkanes) is 9. The summed E-state index contributed by atoms with van der Waals surface area (Å²) in [6.07, 6.45) is 14.6. The van der Waals surface area contributed by atoms with Crippen LogP contribution in [-0.2, 0) is 25.0 Å². The van der Waals surface area contributed by atoms with Crippen LogP contribution in [0.2, 0.25) is 0 Å². The van der Waals surface area contributed by atoms with E-state index in [0.717, 1.165) is 25.9 Å². The molecule has 7 nitrogen and oxygen atoms in total. The van der Waals surface area contributed by atoms with E-state index in [4.69, 9.17) is 18.5 Å². The number of carbonyl (C=O) groups excluding carboxylic acids is 1. The molecule has 0 spiro atoms. The van der Waals surface area contributed by atoms with Gasteiger partial charge in [-0.05, 0) is 50.0 Å². The zero-order valence-corrected chi connectivity index (χ0v) is 23.7. The molecule has 0 heterocycles. The lowest BCUT2D eigenvalue weighted by molar-refractivity contribution is -0.149. The van der Waals surface area contributed by atoms with Crippen LogP contribution in [0.4, 0.5) is 0 Å². The molecule has 1 aromatic carbocycles. The van der Waals surface area contributed by atoms with E-state index in [9.17, 15) is 9.69 Å². The zero-order chi connectivity index (χ0) is 26.3. The van der Waals surface area contributed by atoms with E-state index < -0.39 is 20.7 Å². The summed E-state index contributed by atoms with van der Waals surface area (Å²) in [6.45, 7) is 7.90. The minimum atomic E-state index is -2.02. The molecule has 1 aromatic rings. The maximum absolute atomic E-state index is 11.4. The number of hydrogen-bond acceptors (Lipinski definition) is 7. The van der Waals surface area contributed by atoms with Gasteiger partial charge in [-0.1, -0.05) is 83.8 Å². The van der Waals surface area contributed by atoms with Gasteiger partial charge in [0.1, 0.15) is 12.4 Å². The summed E-state index contributed by atoms with van der Waals surface area (Å²) in [5.41, 5.74) is 1.30. The smallest absolute Gasteiger partial charge is 0.329 e. The van der Waals surface area contributed by atoms with Crippen LogP contribution in [0.1, 0.15) is 97.0 Å². The molecule has 2 unspecified atom stereocenters. The summed E-state index contributed by atoms with van der Waals surface area (Å²) in [5, 5.41) is 3.19. The van der Waals surface area contributed by atoms with Gasteiger partial charge >= 0.3 is 14.6 Å². The predicted molar refractivity (Wildman–Crippen MR) is 147 cm³/mol. The topological polar surface area (TPSA) is 86.2 Å². The summed E-state index contributed by atoms with van der Waals surface area (Å²) in [4.78, 5) is 21.3. The lowest BCUT2D eigenvalue weighted by atomic mass is 10.0. The Balaban J connectivity index is 2.22. The van der Waals surface area contributed by atoms with Gasteiger partial charge in [-0.3, -0.25) is 4.79 Å². The van der Waals surface area contributed by atoms with Crippen molar-refractivity contribution in [3.63, 3.8) is 0 Å². The van der Waals surface area contributed by atoms with Crippen LogP contribution in [0.5, 0.6) is 5.75 Å². The lowest BCUT2D eigenvalue weighted by Crippen LogP contribution is -2.28. The van der Waals surface area contributed by atoms with E-state index in [-0.39, 0.29) is 13.2 Å². The van der Waals surface area contributed by atoms with Gasteiger partial charge in [-0.2, -0.15) is 0 Å². The highest BCUT2D eigenvalue weighted by atomic mass is 31.2. The molecule has 8 heteroatoms. The normalized spacial score (nSPS) is 12.9. The molecule has 0 aliphatic rings. The van der Waals surface area contributed by atoms with Gasteiger partial charge in [0.05, 0.1) is 13.2 Å². The second kappa shape index (κ2) is 22.9. The van der Waals surface area contributed by atoms with Crippen molar-refractivity contribution in [2.45, 2.75) is 104 Å². The summed E-state index contributed by atoms with van der Waals surface area (Å²) < 4.78 is 21.7. The van der Waals surface area contributed by atoms with E-state index >= 15 is 0 Å². The second-order valence-corrected chi connectivity index (χ2v) is 10.2. The van der Waals surface area contributed by atoms with Crippen molar-refractivity contribution in [3.8, 4) is 5.75 Å². The van der Waals surface area contributed by atoms with Gasteiger partial charge in [0.2, 0.25) is 0 Å². The van der Waals surface area contributed by atoms with Crippen molar-refractivity contribution >= 4 is 14.6 Å². The predicted octanol–water partition coefficient (Wildman–Crippen LogP) is 6.71. The molecular weight excluding hydrogens is 477 g/mol. The van der Waals surface area contributed by atoms with Crippen molar-refractivity contribution < 1.29 is 28.2 Å². The van der Waals surface area contributed by atoms with Crippen molar-refractivity contribution in [1.29, 1.82) is 0 Å². The molecule has 0 aliphatic heterocycles. The molecule has 0 aromatic heterocycles. The van der Waals surface area contributed by atoms with Crippen molar-refractivity contribution in [3.05, 3.63) is 29.8 Å². The summed E-state index contributed by atoms with van der Waals surface area (Å²) in [6, 6.07) is 8.08. The third-order valence-corrected chi connectivity index (χ3v) is 6.60. The summed E-state index contributed by atoms with van der Waals surface area (Å²) in [7, 11) is -2.02. The molecule has 0 radical (unpaired) electrons. The highest BCUT2D eigenvalue weighted by Crippen LogP contribution is 2.33. The second-order valence-electron chi connectivity index (χ2n) is 9.19. The van der Waals surface area contributed by atoms with E-state index in [1.807, 2.05) is 19.1 Å². The molecule has 36 heavy (non-hydrogen) atoms. The van der Waals surface area contributed by atoms with Crippen LogP contribution in [0, 0.1) is 0 Å². The number of esters is 1. The van der Waals surface area contributed by atoms with Crippen molar-refractivity contribution in [2.75, 3.05) is 32.9 Å². The Morgan fingerprint density at radius 3 is 2.14 bits per heavy atom. The van der Waals surface area contributed by atoms with Crippen LogP contribution in [0.25, 0.3) is 0 Å². The van der Waals surface area contributed by atoms with Crippen LogP contribution in [0.15, 0.2) is 24.3 Å². The first kappa shape index (κ1) is 32.8. The monoisotopic (exact) mass is 527 g/mol. The lowest BCUT2D eigenvalue weighted by Gasteiger charge is -2.19. The van der Waals surface area contributed by atoms with Crippen molar-refractivity contribution in [2.24, 2.45) is 0 Å². The fourth-order valence-corrected chi connectivity index (χ4v) is 4.46.